The SMILES string of the molecule is CN(Cc1ccc(-c2ccc(Cl)cc2)o1)C(=O)C[C@H]1Sc2ccccc2NC1=O. The predicted molar refractivity (Wildman–Crippen MR) is 115 cm³/mol. The minimum absolute atomic E-state index is 0.110. The fraction of sp³-hybridized carbons (Fsp3) is 0.182. The highest BCUT2D eigenvalue weighted by atomic mass is 35.5. The van der Waals surface area contributed by atoms with E-state index in [2.05, 4.69) is 5.32 Å². The van der Waals surface area contributed by atoms with E-state index >= 15 is 0 Å². The standard InChI is InChI=1S/C22H19ClN2O3S/c1-25(13-16-10-11-18(28-16)14-6-8-15(23)9-7-14)21(26)12-20-22(27)24-17-4-2-3-5-19(17)29-20/h2-11,20H,12-13H2,1H3,(H,24,27)/t20-/m1/s1. The molecule has 29 heavy (non-hydrogen) atoms. The van der Waals surface area contributed by atoms with Crippen LogP contribution in [0.15, 0.2) is 70.0 Å². The van der Waals surface area contributed by atoms with Crippen LogP contribution in [0.5, 0.6) is 0 Å². The van der Waals surface area contributed by atoms with Crippen LogP contribution in [0.4, 0.5) is 5.69 Å². The lowest BCUT2D eigenvalue weighted by Crippen LogP contribution is -2.35. The number of furan rings is 1. The van der Waals surface area contributed by atoms with Crippen molar-refractivity contribution in [1.29, 1.82) is 0 Å². The number of thioether (sulfide) groups is 1. The van der Waals surface area contributed by atoms with Crippen molar-refractivity contribution in [1.82, 2.24) is 4.90 Å². The number of fused-ring (bicyclic) bond motifs is 1. The smallest absolute Gasteiger partial charge is 0.238 e. The Morgan fingerprint density at radius 2 is 1.90 bits per heavy atom. The zero-order chi connectivity index (χ0) is 20.4. The molecule has 1 atom stereocenters. The van der Waals surface area contributed by atoms with Crippen LogP contribution in [0.3, 0.4) is 0 Å². The number of nitrogens with one attached hydrogen (secondary N) is 1. The fourth-order valence-electron chi connectivity index (χ4n) is 3.10. The van der Waals surface area contributed by atoms with Crippen LogP contribution >= 0.6 is 23.4 Å². The number of anilines is 1. The minimum Gasteiger partial charge on any atom is -0.459 e. The average Bonchev–Trinajstić information content (AvgIpc) is 3.17. The Balaban J connectivity index is 1.38. The van der Waals surface area contributed by atoms with Gasteiger partial charge in [-0.1, -0.05) is 23.7 Å². The normalized spacial score (nSPS) is 15.5. The van der Waals surface area contributed by atoms with Crippen molar-refractivity contribution in [3.63, 3.8) is 0 Å². The molecule has 2 aromatic carbocycles. The number of amides is 2. The molecular weight excluding hydrogens is 408 g/mol. The molecule has 1 N–H and O–H groups in total. The highest BCUT2D eigenvalue weighted by Crippen LogP contribution is 2.36. The Hall–Kier alpha value is -2.70. The third-order valence-corrected chi connectivity index (χ3v) is 6.20. The third kappa shape index (κ3) is 4.49. The number of para-hydroxylation sites is 1. The van der Waals surface area contributed by atoms with Gasteiger partial charge in [-0.15, -0.1) is 11.8 Å². The lowest BCUT2D eigenvalue weighted by Gasteiger charge is -2.25. The van der Waals surface area contributed by atoms with E-state index in [1.807, 2.05) is 48.5 Å². The van der Waals surface area contributed by atoms with Crippen LogP contribution in [0, 0.1) is 0 Å². The summed E-state index contributed by atoms with van der Waals surface area (Å²) in [4.78, 5) is 27.6. The van der Waals surface area contributed by atoms with E-state index in [1.54, 1.807) is 24.1 Å². The second kappa shape index (κ2) is 8.35. The van der Waals surface area contributed by atoms with Crippen LogP contribution in [-0.2, 0) is 16.1 Å². The van der Waals surface area contributed by atoms with Gasteiger partial charge in [-0.2, -0.15) is 0 Å². The minimum atomic E-state index is -0.443. The number of carbonyl (C=O) groups excluding carboxylic acids is 2. The molecule has 0 bridgehead atoms. The number of rotatable bonds is 5. The van der Waals surface area contributed by atoms with Gasteiger partial charge < -0.3 is 14.6 Å². The van der Waals surface area contributed by atoms with Crippen molar-refractivity contribution < 1.29 is 14.0 Å². The van der Waals surface area contributed by atoms with Crippen LogP contribution in [0.2, 0.25) is 5.02 Å². The molecule has 1 aromatic heterocycles. The van der Waals surface area contributed by atoms with Crippen LogP contribution < -0.4 is 5.32 Å². The number of halogens is 1. The quantitative estimate of drug-likeness (QED) is 0.619. The monoisotopic (exact) mass is 426 g/mol. The van der Waals surface area contributed by atoms with Crippen molar-refractivity contribution >= 4 is 40.9 Å². The molecular formula is C22H19ClN2O3S. The van der Waals surface area contributed by atoms with Crippen molar-refractivity contribution in [3.8, 4) is 11.3 Å². The van der Waals surface area contributed by atoms with Crippen molar-refractivity contribution in [2.75, 3.05) is 12.4 Å². The summed E-state index contributed by atoms with van der Waals surface area (Å²) >= 11 is 7.35. The van der Waals surface area contributed by atoms with Gasteiger partial charge in [-0.3, -0.25) is 9.59 Å². The van der Waals surface area contributed by atoms with Gasteiger partial charge in [0.15, 0.2) is 0 Å². The number of carbonyl (C=O) groups is 2. The van der Waals surface area contributed by atoms with E-state index in [9.17, 15) is 9.59 Å². The maximum atomic E-state index is 12.7. The first-order valence-corrected chi connectivity index (χ1v) is 10.4. The molecule has 0 fully saturated rings. The van der Waals surface area contributed by atoms with Gasteiger partial charge in [0, 0.05) is 29.0 Å². The molecule has 0 spiro atoms. The summed E-state index contributed by atoms with van der Waals surface area (Å²) in [5.74, 6) is 1.15. The van der Waals surface area contributed by atoms with Gasteiger partial charge in [0.05, 0.1) is 17.5 Å². The first kappa shape index (κ1) is 19.6. The van der Waals surface area contributed by atoms with E-state index < -0.39 is 5.25 Å². The topological polar surface area (TPSA) is 62.6 Å². The largest absolute Gasteiger partial charge is 0.459 e. The summed E-state index contributed by atoms with van der Waals surface area (Å²) < 4.78 is 5.87. The van der Waals surface area contributed by atoms with E-state index in [4.69, 9.17) is 16.0 Å². The Morgan fingerprint density at radius 1 is 1.14 bits per heavy atom. The van der Waals surface area contributed by atoms with Gasteiger partial charge in [-0.25, -0.2) is 0 Å². The average molecular weight is 427 g/mol. The Bertz CT molecular complexity index is 1050. The summed E-state index contributed by atoms with van der Waals surface area (Å²) in [6.07, 6.45) is 0.131. The van der Waals surface area contributed by atoms with Crippen molar-refractivity contribution in [2.24, 2.45) is 0 Å². The second-order valence-corrected chi connectivity index (χ2v) is 8.50. The Morgan fingerprint density at radius 3 is 2.69 bits per heavy atom. The maximum absolute atomic E-state index is 12.7. The Labute approximate surface area is 178 Å². The van der Waals surface area contributed by atoms with Gasteiger partial charge in [0.1, 0.15) is 11.5 Å². The van der Waals surface area contributed by atoms with E-state index in [0.29, 0.717) is 17.3 Å². The second-order valence-electron chi connectivity index (χ2n) is 6.82. The predicted octanol–water partition coefficient (Wildman–Crippen LogP) is 5.06. The summed E-state index contributed by atoms with van der Waals surface area (Å²) in [7, 11) is 1.71. The molecule has 4 rings (SSSR count). The molecule has 0 saturated carbocycles. The molecule has 0 unspecified atom stereocenters. The van der Waals surface area contributed by atoms with Gasteiger partial charge >= 0.3 is 0 Å². The first-order valence-electron chi connectivity index (χ1n) is 9.15. The van der Waals surface area contributed by atoms with E-state index in [-0.39, 0.29) is 18.2 Å². The highest BCUT2D eigenvalue weighted by Gasteiger charge is 2.29. The number of hydrogen-bond acceptors (Lipinski definition) is 4. The van der Waals surface area contributed by atoms with Crippen molar-refractivity contribution in [2.45, 2.75) is 23.1 Å². The molecule has 2 amide bonds. The Kier molecular flexibility index (Phi) is 5.65. The zero-order valence-electron chi connectivity index (χ0n) is 15.7. The zero-order valence-corrected chi connectivity index (χ0v) is 17.3. The third-order valence-electron chi connectivity index (χ3n) is 4.68. The molecule has 5 nitrogen and oxygen atoms in total. The number of benzene rings is 2. The molecule has 148 valence electrons. The molecule has 0 saturated heterocycles. The molecule has 1 aliphatic rings. The lowest BCUT2D eigenvalue weighted by molar-refractivity contribution is -0.132. The van der Waals surface area contributed by atoms with Gasteiger partial charge in [0.2, 0.25) is 11.8 Å². The maximum Gasteiger partial charge on any atom is 0.238 e. The molecule has 1 aliphatic heterocycles. The molecule has 2 heterocycles. The molecule has 0 radical (unpaired) electrons. The molecule has 0 aliphatic carbocycles. The number of hydrogen-bond donors (Lipinski definition) is 1. The first-order chi connectivity index (χ1) is 14.0. The molecule has 3 aromatic rings. The number of nitrogens with zero attached hydrogens (tertiary/aromatic N) is 1. The lowest BCUT2D eigenvalue weighted by atomic mass is 10.2. The fourth-order valence-corrected chi connectivity index (χ4v) is 4.32. The highest BCUT2D eigenvalue weighted by molar-refractivity contribution is 8.01. The summed E-state index contributed by atoms with van der Waals surface area (Å²) in [5, 5.41) is 3.09. The van der Waals surface area contributed by atoms with Crippen LogP contribution in [-0.4, -0.2) is 29.0 Å². The summed E-state index contributed by atoms with van der Waals surface area (Å²) in [5.41, 5.74) is 1.72. The van der Waals surface area contributed by atoms with Crippen molar-refractivity contribution in [3.05, 3.63) is 71.4 Å². The van der Waals surface area contributed by atoms with Gasteiger partial charge in [0.25, 0.3) is 0 Å². The van der Waals surface area contributed by atoms with E-state index in [0.717, 1.165) is 21.9 Å². The summed E-state index contributed by atoms with van der Waals surface area (Å²) in [6, 6.07) is 18.7. The summed E-state index contributed by atoms with van der Waals surface area (Å²) in [6.45, 7) is 0.335. The molecule has 7 heteroatoms. The van der Waals surface area contributed by atoms with Crippen LogP contribution in [0.1, 0.15) is 12.2 Å². The van der Waals surface area contributed by atoms with Crippen LogP contribution in [0.25, 0.3) is 11.3 Å². The van der Waals surface area contributed by atoms with Gasteiger partial charge in [-0.05, 0) is 48.5 Å². The van der Waals surface area contributed by atoms with E-state index in [1.165, 1.54) is 11.8 Å².